The van der Waals surface area contributed by atoms with Crippen molar-refractivity contribution < 1.29 is 23.3 Å². The van der Waals surface area contributed by atoms with Gasteiger partial charge in [-0.15, -0.1) is 6.42 Å². The Kier molecular flexibility index (Phi) is 7.84. The Bertz CT molecular complexity index is 1100. The van der Waals surface area contributed by atoms with E-state index in [0.717, 1.165) is 0 Å². The van der Waals surface area contributed by atoms with Gasteiger partial charge >= 0.3 is 0 Å². The number of hydrogen-bond acceptors (Lipinski definition) is 7. The van der Waals surface area contributed by atoms with Crippen molar-refractivity contribution in [3.63, 3.8) is 0 Å². The third-order valence-electron chi connectivity index (χ3n) is 4.21. The first-order valence-corrected chi connectivity index (χ1v) is 9.71. The van der Waals surface area contributed by atoms with Gasteiger partial charge in [-0.25, -0.2) is 9.37 Å². The average molecular weight is 446 g/mol. The number of halogens is 2. The molecule has 1 aromatic heterocycles. The lowest BCUT2D eigenvalue weighted by atomic mass is 10.1. The van der Waals surface area contributed by atoms with Gasteiger partial charge in [0.05, 0.1) is 24.3 Å². The molecule has 0 atom stereocenters. The number of methoxy groups -OCH3 is 2. The number of benzene rings is 2. The lowest BCUT2D eigenvalue weighted by Gasteiger charge is -2.15. The second-order valence-corrected chi connectivity index (χ2v) is 6.64. The van der Waals surface area contributed by atoms with Crippen LogP contribution in [0.25, 0.3) is 10.9 Å². The highest BCUT2D eigenvalue weighted by atomic mass is 35.5. The number of nitrogens with one attached hydrogen (secondary N) is 1. The SMILES string of the molecule is C#Cc1cc(Nc2nc(Cl)nc3cc(OCCOC)c(OCCOC)cc23)ccc1F. The number of ether oxygens (including phenoxy) is 4. The predicted molar refractivity (Wildman–Crippen MR) is 117 cm³/mol. The molecule has 9 heteroatoms. The topological polar surface area (TPSA) is 74.7 Å². The van der Waals surface area contributed by atoms with Crippen molar-refractivity contribution in [2.75, 3.05) is 46.0 Å². The highest BCUT2D eigenvalue weighted by molar-refractivity contribution is 6.28. The van der Waals surface area contributed by atoms with Crippen LogP contribution in [-0.4, -0.2) is 50.6 Å². The van der Waals surface area contributed by atoms with Crippen molar-refractivity contribution in [3.05, 3.63) is 47.0 Å². The van der Waals surface area contributed by atoms with Crippen LogP contribution in [-0.2, 0) is 9.47 Å². The lowest BCUT2D eigenvalue weighted by Crippen LogP contribution is -2.09. The van der Waals surface area contributed by atoms with E-state index in [4.69, 9.17) is 37.0 Å². The average Bonchev–Trinajstić information content (AvgIpc) is 2.75. The summed E-state index contributed by atoms with van der Waals surface area (Å²) in [6.07, 6.45) is 5.36. The van der Waals surface area contributed by atoms with Gasteiger partial charge < -0.3 is 24.3 Å². The number of terminal acetylenes is 1. The summed E-state index contributed by atoms with van der Waals surface area (Å²) >= 11 is 6.13. The van der Waals surface area contributed by atoms with E-state index in [-0.39, 0.29) is 10.8 Å². The Hall–Kier alpha value is -3.12. The van der Waals surface area contributed by atoms with Crippen LogP contribution < -0.4 is 14.8 Å². The summed E-state index contributed by atoms with van der Waals surface area (Å²) in [4.78, 5) is 8.56. The van der Waals surface area contributed by atoms with E-state index in [1.807, 2.05) is 0 Å². The molecule has 0 saturated carbocycles. The Labute approximate surface area is 184 Å². The summed E-state index contributed by atoms with van der Waals surface area (Å²) in [5, 5.41) is 3.78. The monoisotopic (exact) mass is 445 g/mol. The van der Waals surface area contributed by atoms with Gasteiger partial charge in [0.2, 0.25) is 5.28 Å². The molecule has 1 N–H and O–H groups in total. The van der Waals surface area contributed by atoms with Crippen molar-refractivity contribution in [1.29, 1.82) is 0 Å². The molecule has 0 radical (unpaired) electrons. The maximum absolute atomic E-state index is 13.7. The summed E-state index contributed by atoms with van der Waals surface area (Å²) in [6, 6.07) is 7.80. The van der Waals surface area contributed by atoms with Crippen molar-refractivity contribution in [2.45, 2.75) is 0 Å². The van der Waals surface area contributed by atoms with Crippen molar-refractivity contribution in [2.24, 2.45) is 0 Å². The van der Waals surface area contributed by atoms with Crippen LogP contribution >= 0.6 is 11.6 Å². The first-order chi connectivity index (χ1) is 15.0. The molecule has 7 nitrogen and oxygen atoms in total. The quantitative estimate of drug-likeness (QED) is 0.285. The Morgan fingerprint density at radius 2 is 1.68 bits per heavy atom. The minimum absolute atomic E-state index is 0.0326. The summed E-state index contributed by atoms with van der Waals surface area (Å²) in [6.45, 7) is 1.47. The summed E-state index contributed by atoms with van der Waals surface area (Å²) in [7, 11) is 3.18. The van der Waals surface area contributed by atoms with E-state index >= 15 is 0 Å². The van der Waals surface area contributed by atoms with Crippen LogP contribution in [0, 0.1) is 18.2 Å². The molecule has 3 aromatic rings. The van der Waals surface area contributed by atoms with E-state index in [1.165, 1.54) is 12.1 Å². The number of aromatic nitrogens is 2. The number of fused-ring (bicyclic) bond motifs is 1. The van der Waals surface area contributed by atoms with Gasteiger partial charge in [-0.1, -0.05) is 5.92 Å². The van der Waals surface area contributed by atoms with Crippen molar-refractivity contribution in [1.82, 2.24) is 9.97 Å². The van der Waals surface area contributed by atoms with Crippen LogP contribution in [0.1, 0.15) is 5.56 Å². The zero-order valence-corrected chi connectivity index (χ0v) is 17.8. The fourth-order valence-electron chi connectivity index (χ4n) is 2.75. The number of hydrogen-bond donors (Lipinski definition) is 1. The number of nitrogens with zero attached hydrogens (tertiary/aromatic N) is 2. The van der Waals surface area contributed by atoms with E-state index in [0.29, 0.717) is 60.3 Å². The third kappa shape index (κ3) is 5.73. The van der Waals surface area contributed by atoms with Gasteiger partial charge in [-0.2, -0.15) is 4.98 Å². The highest BCUT2D eigenvalue weighted by Gasteiger charge is 2.15. The van der Waals surface area contributed by atoms with Crippen LogP contribution in [0.3, 0.4) is 0 Å². The summed E-state index contributed by atoms with van der Waals surface area (Å²) in [5.41, 5.74) is 1.22. The molecule has 0 aliphatic rings. The molecule has 2 aromatic carbocycles. The molecule has 0 unspecified atom stereocenters. The molecule has 1 heterocycles. The zero-order chi connectivity index (χ0) is 22.2. The van der Waals surface area contributed by atoms with Gasteiger partial charge in [0.15, 0.2) is 11.5 Å². The standard InChI is InChI=1S/C22H21ClFN3O4/c1-4-14-11-15(5-6-17(14)24)25-21-16-12-19(30-9-7-28-2)20(31-10-8-29-3)13-18(16)26-22(23)27-21/h1,5-6,11-13H,7-10H2,2-3H3,(H,25,26,27). The third-order valence-corrected chi connectivity index (χ3v) is 4.38. The molecular weight excluding hydrogens is 425 g/mol. The van der Waals surface area contributed by atoms with Crippen molar-refractivity contribution >= 4 is 34.0 Å². The van der Waals surface area contributed by atoms with Crippen LogP contribution in [0.2, 0.25) is 5.28 Å². The van der Waals surface area contributed by atoms with Crippen LogP contribution in [0.4, 0.5) is 15.9 Å². The fourth-order valence-corrected chi connectivity index (χ4v) is 2.92. The summed E-state index contributed by atoms with van der Waals surface area (Å²) in [5.74, 6) is 3.20. The van der Waals surface area contributed by atoms with Gasteiger partial charge in [0, 0.05) is 31.4 Å². The number of rotatable bonds is 10. The van der Waals surface area contributed by atoms with Crippen molar-refractivity contribution in [3.8, 4) is 23.8 Å². The van der Waals surface area contributed by atoms with E-state index in [9.17, 15) is 4.39 Å². The summed E-state index contributed by atoms with van der Waals surface area (Å²) < 4.78 is 35.4. The molecule has 0 aliphatic carbocycles. The van der Waals surface area contributed by atoms with E-state index in [1.54, 1.807) is 32.4 Å². The molecule has 162 valence electrons. The van der Waals surface area contributed by atoms with Crippen LogP contribution in [0.5, 0.6) is 11.5 Å². The smallest absolute Gasteiger partial charge is 0.224 e. The Balaban J connectivity index is 2.02. The molecule has 31 heavy (non-hydrogen) atoms. The van der Waals surface area contributed by atoms with Gasteiger partial charge in [0.25, 0.3) is 0 Å². The molecule has 3 rings (SSSR count). The van der Waals surface area contributed by atoms with Crippen LogP contribution in [0.15, 0.2) is 30.3 Å². The Morgan fingerprint density at radius 3 is 2.32 bits per heavy atom. The molecule has 0 bridgehead atoms. The first kappa shape index (κ1) is 22.6. The molecule has 0 amide bonds. The van der Waals surface area contributed by atoms with E-state index < -0.39 is 5.82 Å². The zero-order valence-electron chi connectivity index (χ0n) is 17.1. The highest BCUT2D eigenvalue weighted by Crippen LogP contribution is 2.36. The molecule has 0 spiro atoms. The maximum Gasteiger partial charge on any atom is 0.224 e. The van der Waals surface area contributed by atoms with Gasteiger partial charge in [0.1, 0.15) is 24.8 Å². The van der Waals surface area contributed by atoms with Gasteiger partial charge in [-0.3, -0.25) is 0 Å². The molecule has 0 fully saturated rings. The molecule has 0 saturated heterocycles. The number of anilines is 2. The molecular formula is C22H21ClFN3O4. The largest absolute Gasteiger partial charge is 0.487 e. The minimum atomic E-state index is -0.481. The lowest BCUT2D eigenvalue weighted by molar-refractivity contribution is 0.132. The fraction of sp³-hybridized carbons (Fsp3) is 0.273. The Morgan fingerprint density at radius 1 is 1.00 bits per heavy atom. The normalized spacial score (nSPS) is 10.7. The van der Waals surface area contributed by atoms with E-state index in [2.05, 4.69) is 21.2 Å². The molecule has 0 aliphatic heterocycles. The second kappa shape index (κ2) is 10.8. The van der Waals surface area contributed by atoms with Gasteiger partial charge in [-0.05, 0) is 35.9 Å². The first-order valence-electron chi connectivity index (χ1n) is 9.33. The predicted octanol–water partition coefficient (Wildman–Crippen LogP) is 4.20. The minimum Gasteiger partial charge on any atom is -0.487 e. The second-order valence-electron chi connectivity index (χ2n) is 6.30. The maximum atomic E-state index is 13.7.